The average molecular weight is 632 g/mol. The van der Waals surface area contributed by atoms with Crippen molar-refractivity contribution in [1.29, 1.82) is 0 Å². The van der Waals surface area contributed by atoms with Gasteiger partial charge in [0.15, 0.2) is 0 Å². The number of carbonyl (C=O) groups is 3. The summed E-state index contributed by atoms with van der Waals surface area (Å²) in [4.78, 5) is 39.8. The number of anilines is 2. The summed E-state index contributed by atoms with van der Waals surface area (Å²) in [6.45, 7) is 1.90. The number of nitrogens with one attached hydrogen (secondary N) is 3. The predicted octanol–water partition coefficient (Wildman–Crippen LogP) is 8.46. The maximum absolute atomic E-state index is 13.4. The molecule has 0 saturated heterocycles. The van der Waals surface area contributed by atoms with Crippen LogP contribution in [0.4, 0.5) is 11.4 Å². The van der Waals surface area contributed by atoms with Gasteiger partial charge < -0.3 is 16.0 Å². The minimum absolute atomic E-state index is 0.0998. The second kappa shape index (κ2) is 15.1. The largest absolute Gasteiger partial charge is 0.325 e. The average Bonchev–Trinajstić information content (AvgIpc) is 3.07. The minimum atomic E-state index is -0.469. The van der Waals surface area contributed by atoms with E-state index in [1.54, 1.807) is 54.6 Å². The van der Waals surface area contributed by atoms with Crippen molar-refractivity contribution >= 4 is 58.5 Å². The van der Waals surface area contributed by atoms with Crippen LogP contribution in [0, 0.1) is 6.92 Å². The summed E-state index contributed by atoms with van der Waals surface area (Å²) in [6, 6.07) is 39.0. The Morgan fingerprint density at radius 3 is 2.07 bits per heavy atom. The molecule has 0 saturated carbocycles. The molecule has 0 atom stereocenters. The van der Waals surface area contributed by atoms with Gasteiger partial charge in [0.05, 0.1) is 5.75 Å². The Balaban J connectivity index is 1.26. The standard InChI is InChI=1S/C37H30ClN3O3S/c1-25-12-17-30(38)23-33(25)40-35(42)24-45-32-20-18-31(19-21-32)39-37(44)34(41-36(43)29-10-6-3-7-11-29)22-26-13-15-28(16-14-26)27-8-4-2-5-9-27/h2-23H,24H2,1H3,(H,39,44)(H,40,42)(H,41,43)/b34-22-. The normalized spacial score (nSPS) is 11.0. The van der Waals surface area contributed by atoms with Gasteiger partial charge in [0, 0.05) is 26.9 Å². The van der Waals surface area contributed by atoms with Gasteiger partial charge in [0.1, 0.15) is 5.70 Å². The van der Waals surface area contributed by atoms with Crippen LogP contribution >= 0.6 is 23.4 Å². The van der Waals surface area contributed by atoms with Gasteiger partial charge in [0.2, 0.25) is 5.91 Å². The van der Waals surface area contributed by atoms with Crippen molar-refractivity contribution < 1.29 is 14.4 Å². The maximum Gasteiger partial charge on any atom is 0.272 e. The summed E-state index contributed by atoms with van der Waals surface area (Å²) in [5.74, 6) is -0.804. The van der Waals surface area contributed by atoms with Crippen LogP contribution in [0.5, 0.6) is 0 Å². The van der Waals surface area contributed by atoms with Crippen molar-refractivity contribution in [1.82, 2.24) is 5.32 Å². The van der Waals surface area contributed by atoms with Crippen LogP contribution in [-0.4, -0.2) is 23.5 Å². The van der Waals surface area contributed by atoms with Crippen LogP contribution in [-0.2, 0) is 9.59 Å². The summed E-state index contributed by atoms with van der Waals surface area (Å²) >= 11 is 7.43. The molecule has 0 aliphatic heterocycles. The molecule has 5 aromatic carbocycles. The van der Waals surface area contributed by atoms with Gasteiger partial charge in [-0.25, -0.2) is 0 Å². The molecule has 0 fully saturated rings. The number of amides is 3. The van der Waals surface area contributed by atoms with E-state index >= 15 is 0 Å². The first-order valence-corrected chi connectivity index (χ1v) is 15.5. The number of benzene rings is 5. The van der Waals surface area contributed by atoms with Crippen LogP contribution in [0.2, 0.25) is 5.02 Å². The fourth-order valence-corrected chi connectivity index (χ4v) is 5.28. The first-order chi connectivity index (χ1) is 21.8. The van der Waals surface area contributed by atoms with Gasteiger partial charge in [-0.3, -0.25) is 14.4 Å². The number of thioether (sulfide) groups is 1. The van der Waals surface area contributed by atoms with E-state index in [0.717, 1.165) is 27.1 Å². The van der Waals surface area contributed by atoms with Gasteiger partial charge in [-0.05, 0) is 83.8 Å². The number of hydrogen-bond acceptors (Lipinski definition) is 4. The molecule has 45 heavy (non-hydrogen) atoms. The summed E-state index contributed by atoms with van der Waals surface area (Å²) < 4.78 is 0. The highest BCUT2D eigenvalue weighted by Crippen LogP contribution is 2.24. The number of halogens is 1. The van der Waals surface area contributed by atoms with Gasteiger partial charge in [-0.15, -0.1) is 11.8 Å². The molecule has 5 aromatic rings. The van der Waals surface area contributed by atoms with Crippen LogP contribution < -0.4 is 16.0 Å². The summed E-state index contributed by atoms with van der Waals surface area (Å²) in [5.41, 5.74) is 5.57. The smallest absolute Gasteiger partial charge is 0.272 e. The molecule has 0 unspecified atom stereocenters. The fraction of sp³-hybridized carbons (Fsp3) is 0.0541. The zero-order valence-electron chi connectivity index (χ0n) is 24.4. The highest BCUT2D eigenvalue weighted by molar-refractivity contribution is 8.00. The molecule has 0 aliphatic carbocycles. The second-order valence-corrected chi connectivity index (χ2v) is 11.6. The third-order valence-electron chi connectivity index (χ3n) is 6.81. The Morgan fingerprint density at radius 1 is 0.733 bits per heavy atom. The lowest BCUT2D eigenvalue weighted by Crippen LogP contribution is -2.30. The lowest BCUT2D eigenvalue weighted by Gasteiger charge is -2.12. The molecular weight excluding hydrogens is 602 g/mol. The predicted molar refractivity (Wildman–Crippen MR) is 184 cm³/mol. The second-order valence-electron chi connectivity index (χ2n) is 10.1. The van der Waals surface area contributed by atoms with Crippen LogP contribution in [0.1, 0.15) is 21.5 Å². The lowest BCUT2D eigenvalue weighted by molar-refractivity contribution is -0.114. The van der Waals surface area contributed by atoms with Gasteiger partial charge in [-0.1, -0.05) is 90.5 Å². The van der Waals surface area contributed by atoms with Crippen molar-refractivity contribution in [2.45, 2.75) is 11.8 Å². The highest BCUT2D eigenvalue weighted by Gasteiger charge is 2.15. The molecule has 0 aromatic heterocycles. The van der Waals surface area contributed by atoms with E-state index in [0.29, 0.717) is 22.0 Å². The Bertz CT molecular complexity index is 1830. The summed E-state index contributed by atoms with van der Waals surface area (Å²) in [7, 11) is 0. The molecule has 8 heteroatoms. The first-order valence-electron chi connectivity index (χ1n) is 14.2. The molecule has 0 spiro atoms. The highest BCUT2D eigenvalue weighted by atomic mass is 35.5. The maximum atomic E-state index is 13.4. The minimum Gasteiger partial charge on any atom is -0.325 e. The van der Waals surface area contributed by atoms with E-state index in [4.69, 9.17) is 11.6 Å². The summed E-state index contributed by atoms with van der Waals surface area (Å²) in [6.07, 6.45) is 1.65. The van der Waals surface area contributed by atoms with Crippen molar-refractivity contribution in [3.8, 4) is 11.1 Å². The quantitative estimate of drug-likeness (QED) is 0.107. The Hall–Kier alpha value is -5.11. The van der Waals surface area contributed by atoms with E-state index < -0.39 is 11.8 Å². The zero-order chi connectivity index (χ0) is 31.6. The van der Waals surface area contributed by atoms with Crippen molar-refractivity contribution in [2.75, 3.05) is 16.4 Å². The Labute approximate surface area is 271 Å². The third kappa shape index (κ3) is 8.95. The van der Waals surface area contributed by atoms with Gasteiger partial charge in [0.25, 0.3) is 11.8 Å². The molecule has 3 amide bonds. The van der Waals surface area contributed by atoms with Gasteiger partial charge >= 0.3 is 0 Å². The fourth-order valence-electron chi connectivity index (χ4n) is 4.41. The summed E-state index contributed by atoms with van der Waals surface area (Å²) in [5, 5.41) is 9.09. The van der Waals surface area contributed by atoms with Gasteiger partial charge in [-0.2, -0.15) is 0 Å². The monoisotopic (exact) mass is 631 g/mol. The molecule has 3 N–H and O–H groups in total. The van der Waals surface area contributed by atoms with Crippen molar-refractivity contribution in [2.24, 2.45) is 0 Å². The van der Waals surface area contributed by atoms with E-state index in [1.807, 2.05) is 85.8 Å². The lowest BCUT2D eigenvalue weighted by atomic mass is 10.0. The zero-order valence-corrected chi connectivity index (χ0v) is 26.0. The first kappa shape index (κ1) is 31.3. The van der Waals surface area contributed by atoms with Crippen molar-refractivity contribution in [3.05, 3.63) is 155 Å². The Morgan fingerprint density at radius 2 is 1.38 bits per heavy atom. The molecule has 0 bridgehead atoms. The van der Waals surface area contributed by atoms with Crippen LogP contribution in [0.15, 0.2) is 138 Å². The number of aryl methyl sites for hydroxylation is 1. The van der Waals surface area contributed by atoms with Crippen LogP contribution in [0.3, 0.4) is 0 Å². The number of hydrogen-bond donors (Lipinski definition) is 3. The molecular formula is C37H30ClN3O3S. The molecule has 5 rings (SSSR count). The van der Waals surface area contributed by atoms with E-state index in [-0.39, 0.29) is 17.4 Å². The van der Waals surface area contributed by atoms with Crippen LogP contribution in [0.25, 0.3) is 17.2 Å². The molecule has 224 valence electrons. The molecule has 6 nitrogen and oxygen atoms in total. The van der Waals surface area contributed by atoms with Crippen molar-refractivity contribution in [3.63, 3.8) is 0 Å². The van der Waals surface area contributed by atoms with E-state index in [1.165, 1.54) is 11.8 Å². The number of carbonyl (C=O) groups excluding carboxylic acids is 3. The Kier molecular flexibility index (Phi) is 10.5. The molecule has 0 heterocycles. The third-order valence-corrected chi connectivity index (χ3v) is 8.06. The number of rotatable bonds is 10. The topological polar surface area (TPSA) is 87.3 Å². The van der Waals surface area contributed by atoms with E-state index in [2.05, 4.69) is 16.0 Å². The van der Waals surface area contributed by atoms with E-state index in [9.17, 15) is 14.4 Å². The molecule has 0 radical (unpaired) electrons. The molecule has 0 aliphatic rings. The SMILES string of the molecule is Cc1ccc(Cl)cc1NC(=O)CSc1ccc(NC(=O)/C(=C/c2ccc(-c3ccccc3)cc2)NC(=O)c2ccccc2)cc1.